The summed E-state index contributed by atoms with van der Waals surface area (Å²) in [5.41, 5.74) is 4.89. The number of nitrogens with zero attached hydrogens (tertiary/aromatic N) is 4. The number of carbonyl (C=O) groups is 1. The van der Waals surface area contributed by atoms with Crippen molar-refractivity contribution in [2.75, 3.05) is 33.3 Å². The van der Waals surface area contributed by atoms with Crippen molar-refractivity contribution in [3.8, 4) is 0 Å². The van der Waals surface area contributed by atoms with Crippen LogP contribution >= 0.6 is 0 Å². The van der Waals surface area contributed by atoms with Gasteiger partial charge in [0.05, 0.1) is 18.4 Å². The number of methoxy groups -OCH3 is 1. The summed E-state index contributed by atoms with van der Waals surface area (Å²) < 4.78 is 12.3. The van der Waals surface area contributed by atoms with Crippen LogP contribution < -0.4 is 0 Å². The fourth-order valence-electron chi connectivity index (χ4n) is 3.87. The number of ether oxygens (including phenoxy) is 1. The second-order valence-corrected chi connectivity index (χ2v) is 7.41. The van der Waals surface area contributed by atoms with E-state index in [1.165, 1.54) is 7.11 Å². The van der Waals surface area contributed by atoms with Crippen LogP contribution in [0.15, 0.2) is 10.6 Å². The monoisotopic (exact) mass is 374 g/mol. The van der Waals surface area contributed by atoms with Crippen LogP contribution in [0.5, 0.6) is 0 Å². The normalized spacial score (nSPS) is 16.5. The molecule has 2 aromatic heterocycles. The summed E-state index contributed by atoms with van der Waals surface area (Å²) in [6.45, 7) is 11.6. The van der Waals surface area contributed by atoms with Gasteiger partial charge in [0.1, 0.15) is 5.76 Å². The molecular formula is C20H30N4O3. The quantitative estimate of drug-likeness (QED) is 0.749. The molecule has 0 saturated carbocycles. The van der Waals surface area contributed by atoms with Crippen LogP contribution in [0.1, 0.15) is 45.2 Å². The fourth-order valence-corrected chi connectivity index (χ4v) is 3.87. The SMILES string of the molecule is COC(=O)c1c(CN2CCCN(Cc3cc(C)on3)CC2)c(C)n(C)c1C. The molecule has 1 saturated heterocycles. The summed E-state index contributed by atoms with van der Waals surface area (Å²) in [5.74, 6) is 0.607. The highest BCUT2D eigenvalue weighted by Crippen LogP contribution is 2.24. The van der Waals surface area contributed by atoms with Crippen LogP contribution in [0, 0.1) is 20.8 Å². The Morgan fingerprint density at radius 3 is 2.37 bits per heavy atom. The van der Waals surface area contributed by atoms with Gasteiger partial charge in [-0.3, -0.25) is 9.80 Å². The Labute approximate surface area is 160 Å². The molecular weight excluding hydrogens is 344 g/mol. The van der Waals surface area contributed by atoms with E-state index in [1.807, 2.05) is 27.0 Å². The van der Waals surface area contributed by atoms with Crippen LogP contribution in [0.2, 0.25) is 0 Å². The van der Waals surface area contributed by atoms with Crippen LogP contribution in [-0.2, 0) is 24.9 Å². The topological polar surface area (TPSA) is 63.7 Å². The van der Waals surface area contributed by atoms with Gasteiger partial charge in [-0.15, -0.1) is 0 Å². The summed E-state index contributed by atoms with van der Waals surface area (Å²) >= 11 is 0. The standard InChI is InChI=1S/C20H30N4O3/c1-14-11-17(21-27-14)12-23-7-6-8-24(10-9-23)13-18-15(2)22(4)16(3)19(18)20(25)26-5/h11H,6-10,12-13H2,1-5H3. The van der Waals surface area contributed by atoms with Crippen molar-refractivity contribution in [2.24, 2.45) is 7.05 Å². The number of carbonyl (C=O) groups excluding carboxylic acids is 1. The van der Waals surface area contributed by atoms with E-state index in [1.54, 1.807) is 0 Å². The molecule has 2 aromatic rings. The summed E-state index contributed by atoms with van der Waals surface area (Å²) in [4.78, 5) is 17.2. The molecule has 7 nitrogen and oxygen atoms in total. The average molecular weight is 374 g/mol. The molecule has 0 bridgehead atoms. The van der Waals surface area contributed by atoms with E-state index in [-0.39, 0.29) is 5.97 Å². The molecule has 0 N–H and O–H groups in total. The Balaban J connectivity index is 1.68. The van der Waals surface area contributed by atoms with Gasteiger partial charge in [0.2, 0.25) is 0 Å². The fraction of sp³-hybridized carbons (Fsp3) is 0.600. The smallest absolute Gasteiger partial charge is 0.340 e. The molecule has 1 aliphatic rings. The van der Waals surface area contributed by atoms with E-state index in [0.717, 1.165) is 79.7 Å². The third kappa shape index (κ3) is 4.25. The van der Waals surface area contributed by atoms with Crippen molar-refractivity contribution < 1.29 is 14.1 Å². The maximum atomic E-state index is 12.3. The maximum absolute atomic E-state index is 12.3. The van der Waals surface area contributed by atoms with E-state index in [2.05, 4.69) is 26.4 Å². The van der Waals surface area contributed by atoms with Crippen molar-refractivity contribution in [3.05, 3.63) is 40.0 Å². The molecule has 0 spiro atoms. The third-order valence-corrected chi connectivity index (χ3v) is 5.62. The first kappa shape index (κ1) is 19.6. The first-order valence-corrected chi connectivity index (χ1v) is 9.50. The zero-order valence-corrected chi connectivity index (χ0v) is 17.0. The van der Waals surface area contributed by atoms with E-state index in [0.29, 0.717) is 0 Å². The molecule has 0 unspecified atom stereocenters. The summed E-state index contributed by atoms with van der Waals surface area (Å²) in [7, 11) is 3.45. The highest BCUT2D eigenvalue weighted by molar-refractivity contribution is 5.93. The average Bonchev–Trinajstić information content (AvgIpc) is 3.04. The van der Waals surface area contributed by atoms with Gasteiger partial charge in [0.25, 0.3) is 0 Å². The Kier molecular flexibility index (Phi) is 6.01. The third-order valence-electron chi connectivity index (χ3n) is 5.62. The number of aromatic nitrogens is 2. The molecule has 1 aliphatic heterocycles. The van der Waals surface area contributed by atoms with Gasteiger partial charge in [0.15, 0.2) is 0 Å². The van der Waals surface area contributed by atoms with Crippen molar-refractivity contribution in [3.63, 3.8) is 0 Å². The number of hydrogen-bond donors (Lipinski definition) is 0. The second kappa shape index (κ2) is 8.27. The number of hydrogen-bond acceptors (Lipinski definition) is 6. The largest absolute Gasteiger partial charge is 0.465 e. The molecule has 0 aromatic carbocycles. The second-order valence-electron chi connectivity index (χ2n) is 7.41. The molecule has 0 atom stereocenters. The molecule has 0 aliphatic carbocycles. The van der Waals surface area contributed by atoms with Gasteiger partial charge in [-0.05, 0) is 40.3 Å². The molecule has 7 heteroatoms. The van der Waals surface area contributed by atoms with Crippen molar-refractivity contribution in [1.29, 1.82) is 0 Å². The lowest BCUT2D eigenvalue weighted by Crippen LogP contribution is -2.30. The Morgan fingerprint density at radius 2 is 1.78 bits per heavy atom. The summed E-state index contributed by atoms with van der Waals surface area (Å²) in [6.07, 6.45) is 1.09. The maximum Gasteiger partial charge on any atom is 0.340 e. The highest BCUT2D eigenvalue weighted by Gasteiger charge is 2.25. The lowest BCUT2D eigenvalue weighted by Gasteiger charge is -2.21. The van der Waals surface area contributed by atoms with E-state index in [4.69, 9.17) is 9.26 Å². The molecule has 0 radical (unpaired) electrons. The van der Waals surface area contributed by atoms with Gasteiger partial charge >= 0.3 is 5.97 Å². The molecule has 148 valence electrons. The van der Waals surface area contributed by atoms with E-state index >= 15 is 0 Å². The van der Waals surface area contributed by atoms with Crippen molar-refractivity contribution in [2.45, 2.75) is 40.3 Å². The Hall–Kier alpha value is -2.12. The molecule has 0 amide bonds. The first-order chi connectivity index (χ1) is 12.9. The zero-order valence-electron chi connectivity index (χ0n) is 17.0. The van der Waals surface area contributed by atoms with Crippen LogP contribution in [0.3, 0.4) is 0 Å². The number of aryl methyl sites for hydroxylation is 1. The van der Waals surface area contributed by atoms with Crippen LogP contribution in [-0.4, -0.2) is 58.8 Å². The molecule has 3 rings (SSSR count). The van der Waals surface area contributed by atoms with Gasteiger partial charge < -0.3 is 13.8 Å². The van der Waals surface area contributed by atoms with Crippen LogP contribution in [0.4, 0.5) is 0 Å². The number of esters is 1. The predicted octanol–water partition coefficient (Wildman–Crippen LogP) is 2.43. The van der Waals surface area contributed by atoms with Crippen LogP contribution in [0.25, 0.3) is 0 Å². The van der Waals surface area contributed by atoms with Gasteiger partial charge in [0, 0.05) is 56.2 Å². The van der Waals surface area contributed by atoms with Gasteiger partial charge in [-0.2, -0.15) is 0 Å². The van der Waals surface area contributed by atoms with Crippen molar-refractivity contribution >= 4 is 5.97 Å². The lowest BCUT2D eigenvalue weighted by atomic mass is 10.1. The minimum atomic E-state index is -0.246. The zero-order chi connectivity index (χ0) is 19.6. The lowest BCUT2D eigenvalue weighted by molar-refractivity contribution is 0.0597. The van der Waals surface area contributed by atoms with Crippen molar-refractivity contribution in [1.82, 2.24) is 19.5 Å². The van der Waals surface area contributed by atoms with E-state index in [9.17, 15) is 4.79 Å². The molecule has 1 fully saturated rings. The summed E-state index contributed by atoms with van der Waals surface area (Å²) in [6, 6.07) is 2.00. The minimum absolute atomic E-state index is 0.246. The van der Waals surface area contributed by atoms with Gasteiger partial charge in [-0.1, -0.05) is 5.16 Å². The van der Waals surface area contributed by atoms with E-state index < -0.39 is 0 Å². The molecule has 27 heavy (non-hydrogen) atoms. The number of rotatable bonds is 5. The molecule has 3 heterocycles. The minimum Gasteiger partial charge on any atom is -0.465 e. The highest BCUT2D eigenvalue weighted by atomic mass is 16.5. The predicted molar refractivity (Wildman–Crippen MR) is 103 cm³/mol. The Bertz CT molecular complexity index is 808. The summed E-state index contributed by atoms with van der Waals surface area (Å²) in [5, 5.41) is 4.11. The first-order valence-electron chi connectivity index (χ1n) is 9.50. The van der Waals surface area contributed by atoms with Gasteiger partial charge in [-0.25, -0.2) is 4.79 Å². The Morgan fingerprint density at radius 1 is 1.11 bits per heavy atom.